The van der Waals surface area contributed by atoms with E-state index in [1.54, 1.807) is 12.1 Å². The summed E-state index contributed by atoms with van der Waals surface area (Å²) >= 11 is 1.45. The van der Waals surface area contributed by atoms with E-state index in [0.717, 1.165) is 10.0 Å². The molecule has 0 aliphatic heterocycles. The van der Waals surface area contributed by atoms with Crippen LogP contribution in [-0.2, 0) is 6.42 Å². The zero-order chi connectivity index (χ0) is 10.7. The fraction of sp³-hybridized carbons (Fsp3) is 0.222. The molecule has 0 amide bonds. The van der Waals surface area contributed by atoms with Crippen LogP contribution < -0.4 is 11.3 Å². The zero-order valence-corrected chi connectivity index (χ0v) is 8.75. The monoisotopic (exact) mass is 222 g/mol. The largest absolute Gasteiger partial charge is 0.330 e. The molecule has 2 aromatic heterocycles. The van der Waals surface area contributed by atoms with Crippen molar-refractivity contribution in [1.82, 2.24) is 15.2 Å². The quantitative estimate of drug-likeness (QED) is 0.787. The Bertz CT molecular complexity index is 505. The van der Waals surface area contributed by atoms with Crippen molar-refractivity contribution in [2.24, 2.45) is 5.73 Å². The molecule has 0 bridgehead atoms. The van der Waals surface area contributed by atoms with E-state index in [2.05, 4.69) is 15.2 Å². The van der Waals surface area contributed by atoms with Gasteiger partial charge >= 0.3 is 0 Å². The molecule has 2 heterocycles. The summed E-state index contributed by atoms with van der Waals surface area (Å²) in [5.41, 5.74) is 5.98. The maximum absolute atomic E-state index is 11.1. The molecule has 0 radical (unpaired) electrons. The molecule has 0 aliphatic rings. The van der Waals surface area contributed by atoms with Crippen molar-refractivity contribution in [3.05, 3.63) is 33.6 Å². The highest BCUT2D eigenvalue weighted by molar-refractivity contribution is 7.14. The van der Waals surface area contributed by atoms with Crippen molar-refractivity contribution in [3.8, 4) is 10.7 Å². The third-order valence-corrected chi connectivity index (χ3v) is 2.84. The second-order valence-corrected chi connectivity index (χ2v) is 4.03. The molecule has 0 spiro atoms. The first kappa shape index (κ1) is 10.0. The van der Waals surface area contributed by atoms with Gasteiger partial charge in [0.1, 0.15) is 5.01 Å². The number of H-pyrrole nitrogens is 1. The Labute approximate surface area is 90.0 Å². The van der Waals surface area contributed by atoms with Crippen molar-refractivity contribution in [2.75, 3.05) is 6.54 Å². The Morgan fingerprint density at radius 1 is 1.40 bits per heavy atom. The van der Waals surface area contributed by atoms with Crippen LogP contribution in [0.25, 0.3) is 10.7 Å². The van der Waals surface area contributed by atoms with E-state index in [9.17, 15) is 4.79 Å². The lowest BCUT2D eigenvalue weighted by atomic mass is 10.4. The minimum atomic E-state index is -0.136. The molecular weight excluding hydrogens is 212 g/mol. The van der Waals surface area contributed by atoms with Crippen molar-refractivity contribution >= 4 is 11.3 Å². The number of aromatic amines is 1. The van der Waals surface area contributed by atoms with Crippen molar-refractivity contribution in [1.29, 1.82) is 0 Å². The first-order valence-electron chi connectivity index (χ1n) is 4.52. The topological polar surface area (TPSA) is 84.7 Å². The van der Waals surface area contributed by atoms with Gasteiger partial charge in [0, 0.05) is 12.5 Å². The summed E-state index contributed by atoms with van der Waals surface area (Å²) in [5.74, 6) is 0. The predicted molar refractivity (Wildman–Crippen MR) is 58.7 cm³/mol. The molecule has 0 saturated carbocycles. The lowest BCUT2D eigenvalue weighted by Gasteiger charge is -1.92. The van der Waals surface area contributed by atoms with Gasteiger partial charge in [0.15, 0.2) is 5.01 Å². The maximum Gasteiger partial charge on any atom is 0.248 e. The van der Waals surface area contributed by atoms with Crippen LogP contribution in [0.15, 0.2) is 23.0 Å². The van der Waals surface area contributed by atoms with E-state index in [1.165, 1.54) is 17.4 Å². The zero-order valence-electron chi connectivity index (χ0n) is 7.93. The van der Waals surface area contributed by atoms with E-state index in [-0.39, 0.29) is 5.56 Å². The fourth-order valence-corrected chi connectivity index (χ4v) is 1.99. The Morgan fingerprint density at radius 2 is 2.27 bits per heavy atom. The van der Waals surface area contributed by atoms with E-state index >= 15 is 0 Å². The SMILES string of the molecule is NCCc1nnc(-c2cccc(=O)[nH]2)s1. The minimum absolute atomic E-state index is 0.136. The fourth-order valence-electron chi connectivity index (χ4n) is 1.16. The van der Waals surface area contributed by atoms with Crippen LogP contribution in [-0.4, -0.2) is 21.7 Å². The number of hydrogen-bond acceptors (Lipinski definition) is 5. The first-order chi connectivity index (χ1) is 7.29. The lowest BCUT2D eigenvalue weighted by Crippen LogP contribution is -2.03. The number of aromatic nitrogens is 3. The average molecular weight is 222 g/mol. The minimum Gasteiger partial charge on any atom is -0.330 e. The molecule has 0 atom stereocenters. The van der Waals surface area contributed by atoms with Crippen molar-refractivity contribution in [2.45, 2.75) is 6.42 Å². The summed E-state index contributed by atoms with van der Waals surface area (Å²) in [5, 5.41) is 9.57. The predicted octanol–water partition coefficient (Wildman–Crippen LogP) is 0.395. The molecule has 2 rings (SSSR count). The Morgan fingerprint density at radius 3 is 3.00 bits per heavy atom. The highest BCUT2D eigenvalue weighted by Gasteiger charge is 2.06. The van der Waals surface area contributed by atoms with Gasteiger partial charge in [-0.25, -0.2) is 0 Å². The van der Waals surface area contributed by atoms with Crippen LogP contribution in [0.2, 0.25) is 0 Å². The summed E-state index contributed by atoms with van der Waals surface area (Å²) < 4.78 is 0. The number of nitrogens with zero attached hydrogens (tertiary/aromatic N) is 2. The number of pyridine rings is 1. The van der Waals surface area contributed by atoms with Crippen LogP contribution in [0.5, 0.6) is 0 Å². The van der Waals surface area contributed by atoms with E-state index in [1.807, 2.05) is 0 Å². The third kappa shape index (κ3) is 2.28. The number of rotatable bonds is 3. The van der Waals surface area contributed by atoms with Crippen LogP contribution in [0, 0.1) is 0 Å². The molecule has 6 heteroatoms. The second kappa shape index (κ2) is 4.33. The number of nitrogens with two attached hydrogens (primary N) is 1. The summed E-state index contributed by atoms with van der Waals surface area (Å²) in [4.78, 5) is 13.8. The summed E-state index contributed by atoms with van der Waals surface area (Å²) in [7, 11) is 0. The standard InChI is InChI=1S/C9H10N4OS/c10-5-4-8-12-13-9(15-8)6-2-1-3-7(14)11-6/h1-3H,4-5,10H2,(H,11,14). The molecule has 3 N–H and O–H groups in total. The maximum atomic E-state index is 11.1. The molecule has 78 valence electrons. The van der Waals surface area contributed by atoms with Gasteiger partial charge in [-0.3, -0.25) is 4.79 Å². The molecule has 0 aliphatic carbocycles. The molecule has 15 heavy (non-hydrogen) atoms. The normalized spacial score (nSPS) is 10.5. The Kier molecular flexibility index (Phi) is 2.89. The van der Waals surface area contributed by atoms with Gasteiger partial charge in [-0.1, -0.05) is 17.4 Å². The summed E-state index contributed by atoms with van der Waals surface area (Å²) in [6.07, 6.45) is 0.717. The van der Waals surface area contributed by atoms with Crippen molar-refractivity contribution < 1.29 is 0 Å². The molecule has 2 aromatic rings. The molecule has 0 saturated heterocycles. The van der Waals surface area contributed by atoms with Gasteiger partial charge in [-0.2, -0.15) is 0 Å². The molecule has 0 aromatic carbocycles. The van der Waals surface area contributed by atoms with E-state index < -0.39 is 0 Å². The van der Waals surface area contributed by atoms with Crippen LogP contribution in [0.1, 0.15) is 5.01 Å². The number of nitrogens with one attached hydrogen (secondary N) is 1. The van der Waals surface area contributed by atoms with Crippen LogP contribution in [0.3, 0.4) is 0 Å². The Balaban J connectivity index is 2.33. The van der Waals surface area contributed by atoms with Gasteiger partial charge in [0.05, 0.1) is 5.69 Å². The van der Waals surface area contributed by atoms with E-state index in [4.69, 9.17) is 5.73 Å². The Hall–Kier alpha value is -1.53. The molecular formula is C9H10N4OS. The second-order valence-electron chi connectivity index (χ2n) is 2.97. The average Bonchev–Trinajstić information content (AvgIpc) is 2.67. The lowest BCUT2D eigenvalue weighted by molar-refractivity contribution is 0.912. The third-order valence-electron chi connectivity index (χ3n) is 1.82. The molecule has 0 fully saturated rings. The highest BCUT2D eigenvalue weighted by Crippen LogP contribution is 2.20. The van der Waals surface area contributed by atoms with Gasteiger partial charge < -0.3 is 10.7 Å². The van der Waals surface area contributed by atoms with Gasteiger partial charge in [-0.05, 0) is 12.6 Å². The summed E-state index contributed by atoms with van der Waals surface area (Å²) in [6.45, 7) is 0.555. The highest BCUT2D eigenvalue weighted by atomic mass is 32.1. The van der Waals surface area contributed by atoms with Gasteiger partial charge in [-0.15, -0.1) is 10.2 Å². The van der Waals surface area contributed by atoms with E-state index in [0.29, 0.717) is 18.7 Å². The first-order valence-corrected chi connectivity index (χ1v) is 5.33. The molecule has 0 unspecified atom stereocenters. The summed E-state index contributed by atoms with van der Waals surface area (Å²) in [6, 6.07) is 4.96. The van der Waals surface area contributed by atoms with Gasteiger partial charge in [0.25, 0.3) is 0 Å². The van der Waals surface area contributed by atoms with Crippen LogP contribution >= 0.6 is 11.3 Å². The molecule has 5 nitrogen and oxygen atoms in total. The number of hydrogen-bond donors (Lipinski definition) is 2. The smallest absolute Gasteiger partial charge is 0.248 e. The van der Waals surface area contributed by atoms with Crippen LogP contribution in [0.4, 0.5) is 0 Å². The van der Waals surface area contributed by atoms with Crippen molar-refractivity contribution in [3.63, 3.8) is 0 Å². The van der Waals surface area contributed by atoms with Gasteiger partial charge in [0.2, 0.25) is 5.56 Å².